The number of hydrogen-bond acceptors (Lipinski definition) is 8. The monoisotopic (exact) mass is 341 g/mol. The number of morpholine rings is 1. The molecule has 8 heteroatoms. The second kappa shape index (κ2) is 7.18. The lowest BCUT2D eigenvalue weighted by Gasteiger charge is -2.35. The van der Waals surface area contributed by atoms with Gasteiger partial charge in [-0.2, -0.15) is 4.98 Å². The van der Waals surface area contributed by atoms with Gasteiger partial charge in [-0.1, -0.05) is 0 Å². The lowest BCUT2D eigenvalue weighted by molar-refractivity contribution is 0.122. The second-order valence-corrected chi connectivity index (χ2v) is 6.35. The van der Waals surface area contributed by atoms with Gasteiger partial charge in [0.05, 0.1) is 13.2 Å². The molecule has 0 radical (unpaired) electrons. The van der Waals surface area contributed by atoms with Gasteiger partial charge in [-0.3, -0.25) is 0 Å². The highest BCUT2D eigenvalue weighted by atomic mass is 16.5. The van der Waals surface area contributed by atoms with Crippen molar-refractivity contribution < 1.29 is 4.74 Å². The lowest BCUT2D eigenvalue weighted by atomic mass is 10.3. The van der Waals surface area contributed by atoms with E-state index in [2.05, 4.69) is 29.7 Å². The summed E-state index contributed by atoms with van der Waals surface area (Å²) < 4.78 is 5.42. The van der Waals surface area contributed by atoms with E-state index >= 15 is 0 Å². The highest BCUT2D eigenvalue weighted by molar-refractivity contribution is 5.45. The molecule has 2 saturated heterocycles. The zero-order chi connectivity index (χ0) is 17.1. The zero-order valence-corrected chi connectivity index (χ0v) is 14.5. The van der Waals surface area contributed by atoms with Gasteiger partial charge in [0.2, 0.25) is 11.9 Å². The molecular weight excluding hydrogens is 318 g/mol. The van der Waals surface area contributed by atoms with Crippen molar-refractivity contribution in [3.63, 3.8) is 0 Å². The Morgan fingerprint density at radius 2 is 1.44 bits per heavy atom. The van der Waals surface area contributed by atoms with E-state index in [9.17, 15) is 0 Å². The number of nitrogens with zero attached hydrogens (tertiary/aromatic N) is 7. The van der Waals surface area contributed by atoms with Crippen molar-refractivity contribution in [3.05, 3.63) is 30.2 Å². The normalized spacial score (nSPS) is 18.5. The van der Waals surface area contributed by atoms with Crippen LogP contribution in [0.5, 0.6) is 0 Å². The Morgan fingerprint density at radius 1 is 0.800 bits per heavy atom. The third-order valence-electron chi connectivity index (χ3n) is 4.58. The van der Waals surface area contributed by atoms with Crippen LogP contribution in [0.4, 0.5) is 17.7 Å². The minimum absolute atomic E-state index is 0.758. The van der Waals surface area contributed by atoms with E-state index in [-0.39, 0.29) is 0 Å². The molecule has 0 spiro atoms. The van der Waals surface area contributed by atoms with Crippen molar-refractivity contribution in [2.24, 2.45) is 0 Å². The van der Waals surface area contributed by atoms with Crippen molar-refractivity contribution in [2.45, 2.75) is 6.92 Å². The molecule has 0 aromatic carbocycles. The molecule has 0 atom stereocenters. The van der Waals surface area contributed by atoms with Crippen molar-refractivity contribution >= 4 is 17.7 Å². The summed E-state index contributed by atoms with van der Waals surface area (Å²) in [5.74, 6) is 2.58. The first-order chi connectivity index (χ1) is 12.3. The molecule has 25 heavy (non-hydrogen) atoms. The van der Waals surface area contributed by atoms with Gasteiger partial charge < -0.3 is 19.4 Å². The molecule has 132 valence electrons. The van der Waals surface area contributed by atoms with E-state index < -0.39 is 0 Å². The summed E-state index contributed by atoms with van der Waals surface area (Å²) in [7, 11) is 0. The Kier molecular flexibility index (Phi) is 4.60. The van der Waals surface area contributed by atoms with Gasteiger partial charge in [0.1, 0.15) is 5.82 Å². The van der Waals surface area contributed by atoms with E-state index in [1.54, 1.807) is 0 Å². The standard InChI is InChI=1S/C17H23N7O/c1-14-12-19-16(20-13-14)23-4-6-24(7-5-23)17-18-3-2-15(21-17)22-8-10-25-11-9-22/h2-3,12-13H,4-11H2,1H3. The molecule has 2 aromatic heterocycles. The maximum atomic E-state index is 5.42. The Hall–Kier alpha value is -2.48. The SMILES string of the molecule is Cc1cnc(N2CCN(c3nccc(N4CCOCC4)n3)CC2)nc1. The Balaban J connectivity index is 1.41. The second-order valence-electron chi connectivity index (χ2n) is 6.35. The van der Waals surface area contributed by atoms with Crippen LogP contribution in [-0.4, -0.2) is 72.4 Å². The van der Waals surface area contributed by atoms with Gasteiger partial charge in [0.15, 0.2) is 0 Å². The van der Waals surface area contributed by atoms with Crippen LogP contribution in [-0.2, 0) is 4.74 Å². The van der Waals surface area contributed by atoms with Crippen LogP contribution in [0.1, 0.15) is 5.56 Å². The molecule has 0 N–H and O–H groups in total. The summed E-state index contributed by atoms with van der Waals surface area (Å²) in [5.41, 5.74) is 1.08. The third kappa shape index (κ3) is 3.63. The number of ether oxygens (including phenoxy) is 1. The average molecular weight is 341 g/mol. The number of hydrogen-bond donors (Lipinski definition) is 0. The summed E-state index contributed by atoms with van der Waals surface area (Å²) in [6, 6.07) is 1.98. The van der Waals surface area contributed by atoms with Gasteiger partial charge in [-0.05, 0) is 18.6 Å². The molecular formula is C17H23N7O. The van der Waals surface area contributed by atoms with Crippen molar-refractivity contribution in [3.8, 4) is 0 Å². The molecule has 4 rings (SSSR count). The summed E-state index contributed by atoms with van der Waals surface area (Å²) in [5, 5.41) is 0. The summed E-state index contributed by atoms with van der Waals surface area (Å²) in [6.07, 6.45) is 5.58. The summed E-state index contributed by atoms with van der Waals surface area (Å²) in [6.45, 7) is 8.75. The molecule has 0 aliphatic carbocycles. The van der Waals surface area contributed by atoms with Gasteiger partial charge in [0, 0.05) is 57.9 Å². The van der Waals surface area contributed by atoms with E-state index in [1.165, 1.54) is 0 Å². The average Bonchev–Trinajstić information content (AvgIpc) is 2.70. The van der Waals surface area contributed by atoms with Crippen LogP contribution in [0.2, 0.25) is 0 Å². The van der Waals surface area contributed by atoms with E-state index in [0.29, 0.717) is 0 Å². The van der Waals surface area contributed by atoms with E-state index in [1.807, 2.05) is 31.6 Å². The number of aromatic nitrogens is 4. The summed E-state index contributed by atoms with van der Waals surface area (Å²) >= 11 is 0. The van der Waals surface area contributed by atoms with E-state index in [4.69, 9.17) is 9.72 Å². The van der Waals surface area contributed by atoms with E-state index in [0.717, 1.165) is 75.8 Å². The lowest BCUT2D eigenvalue weighted by Crippen LogP contribution is -2.47. The largest absolute Gasteiger partial charge is 0.378 e. The van der Waals surface area contributed by atoms with Gasteiger partial charge in [0.25, 0.3) is 0 Å². The van der Waals surface area contributed by atoms with Gasteiger partial charge >= 0.3 is 0 Å². The quantitative estimate of drug-likeness (QED) is 0.810. The predicted molar refractivity (Wildman–Crippen MR) is 96.3 cm³/mol. The van der Waals surface area contributed by atoms with Crippen LogP contribution in [0.15, 0.2) is 24.7 Å². The fraction of sp³-hybridized carbons (Fsp3) is 0.529. The Bertz CT molecular complexity index is 694. The highest BCUT2D eigenvalue weighted by Gasteiger charge is 2.21. The first-order valence-corrected chi connectivity index (χ1v) is 8.74. The van der Waals surface area contributed by atoms with Crippen molar-refractivity contribution in [1.29, 1.82) is 0 Å². The molecule has 4 heterocycles. The molecule has 0 unspecified atom stereocenters. The first kappa shape index (κ1) is 16.0. The topological polar surface area (TPSA) is 70.5 Å². The van der Waals surface area contributed by atoms with Crippen molar-refractivity contribution in [1.82, 2.24) is 19.9 Å². The smallest absolute Gasteiger partial charge is 0.227 e. The molecule has 0 bridgehead atoms. The maximum Gasteiger partial charge on any atom is 0.227 e. The fourth-order valence-corrected chi connectivity index (χ4v) is 3.12. The first-order valence-electron chi connectivity index (χ1n) is 8.74. The molecule has 0 saturated carbocycles. The van der Waals surface area contributed by atoms with Crippen LogP contribution in [0, 0.1) is 6.92 Å². The third-order valence-corrected chi connectivity index (χ3v) is 4.58. The number of rotatable bonds is 3. The molecule has 2 aromatic rings. The van der Waals surface area contributed by atoms with Gasteiger partial charge in [-0.15, -0.1) is 0 Å². The zero-order valence-electron chi connectivity index (χ0n) is 14.5. The molecule has 0 amide bonds. The van der Waals surface area contributed by atoms with Crippen LogP contribution in [0.3, 0.4) is 0 Å². The Morgan fingerprint density at radius 3 is 2.12 bits per heavy atom. The van der Waals surface area contributed by atoms with Crippen LogP contribution in [0.25, 0.3) is 0 Å². The van der Waals surface area contributed by atoms with Gasteiger partial charge in [-0.25, -0.2) is 15.0 Å². The van der Waals surface area contributed by atoms with Crippen LogP contribution >= 0.6 is 0 Å². The fourth-order valence-electron chi connectivity index (χ4n) is 3.12. The maximum absolute atomic E-state index is 5.42. The Labute approximate surface area is 147 Å². The molecule has 2 aliphatic rings. The predicted octanol–water partition coefficient (Wildman–Crippen LogP) is 0.738. The minimum atomic E-state index is 0.758. The van der Waals surface area contributed by atoms with Crippen LogP contribution < -0.4 is 14.7 Å². The molecule has 2 fully saturated rings. The molecule has 8 nitrogen and oxygen atoms in total. The number of anilines is 3. The number of aryl methyl sites for hydroxylation is 1. The minimum Gasteiger partial charge on any atom is -0.378 e. The number of piperazine rings is 1. The van der Waals surface area contributed by atoms with Crippen molar-refractivity contribution in [2.75, 3.05) is 67.2 Å². The summed E-state index contributed by atoms with van der Waals surface area (Å²) in [4.78, 5) is 24.8. The molecule has 2 aliphatic heterocycles. The highest BCUT2D eigenvalue weighted by Crippen LogP contribution is 2.18.